The Morgan fingerprint density at radius 3 is 2.78 bits per heavy atom. The van der Waals surface area contributed by atoms with E-state index in [0.717, 1.165) is 25.5 Å². The zero-order valence-electron chi connectivity index (χ0n) is 14.3. The average Bonchev–Trinajstić information content (AvgIpc) is 3.32. The van der Waals surface area contributed by atoms with Gasteiger partial charge in [0.15, 0.2) is 0 Å². The fraction of sp³-hybridized carbons (Fsp3) is 0.389. The highest BCUT2D eigenvalue weighted by atomic mass is 19.3. The standard InChI is InChI=1S/C18H17F3N4O2/c19-14-7-12(6-13(8-14)17-23-24-18(27-17)15(20)21)16-22-3-4-25(16)9-11-2-1-5-26-10-11/h3-4,6-8,11,15H,1-2,5,9-10H2. The molecule has 1 aromatic carbocycles. The fourth-order valence-electron chi connectivity index (χ4n) is 3.23. The van der Waals surface area contributed by atoms with Crippen molar-refractivity contribution in [2.24, 2.45) is 5.92 Å². The van der Waals surface area contributed by atoms with E-state index in [1.54, 1.807) is 12.3 Å². The van der Waals surface area contributed by atoms with Gasteiger partial charge in [-0.3, -0.25) is 0 Å². The molecule has 142 valence electrons. The molecule has 0 aliphatic carbocycles. The first-order valence-corrected chi connectivity index (χ1v) is 8.62. The molecule has 0 saturated carbocycles. The van der Waals surface area contributed by atoms with Crippen LogP contribution in [0.1, 0.15) is 25.2 Å². The first-order valence-electron chi connectivity index (χ1n) is 8.62. The number of rotatable bonds is 5. The zero-order chi connectivity index (χ0) is 18.8. The van der Waals surface area contributed by atoms with Gasteiger partial charge in [-0.2, -0.15) is 8.78 Å². The molecule has 1 atom stereocenters. The van der Waals surface area contributed by atoms with Crippen LogP contribution in [-0.4, -0.2) is 33.0 Å². The van der Waals surface area contributed by atoms with Gasteiger partial charge >= 0.3 is 6.43 Å². The Bertz CT molecular complexity index is 919. The summed E-state index contributed by atoms with van der Waals surface area (Å²) in [6.45, 7) is 2.17. The lowest BCUT2D eigenvalue weighted by Crippen LogP contribution is -2.22. The number of aromatic nitrogens is 4. The van der Waals surface area contributed by atoms with Gasteiger partial charge in [-0.05, 0) is 31.0 Å². The second-order valence-electron chi connectivity index (χ2n) is 6.46. The molecule has 3 aromatic rings. The Hall–Kier alpha value is -2.68. The summed E-state index contributed by atoms with van der Waals surface area (Å²) < 4.78 is 51.9. The minimum Gasteiger partial charge on any atom is -0.415 e. The third kappa shape index (κ3) is 3.87. The van der Waals surface area contributed by atoms with Gasteiger partial charge in [0.25, 0.3) is 5.89 Å². The number of ether oxygens (including phenoxy) is 1. The summed E-state index contributed by atoms with van der Waals surface area (Å²) in [6, 6.07) is 4.10. The molecule has 2 aromatic heterocycles. The predicted molar refractivity (Wildman–Crippen MR) is 89.4 cm³/mol. The van der Waals surface area contributed by atoms with Crippen molar-refractivity contribution in [3.8, 4) is 22.8 Å². The van der Waals surface area contributed by atoms with Crippen LogP contribution < -0.4 is 0 Å². The lowest BCUT2D eigenvalue weighted by molar-refractivity contribution is 0.0485. The Morgan fingerprint density at radius 2 is 2.04 bits per heavy atom. The number of alkyl halides is 2. The van der Waals surface area contributed by atoms with E-state index in [0.29, 0.717) is 30.5 Å². The number of hydrogen-bond donors (Lipinski definition) is 0. The van der Waals surface area contributed by atoms with Crippen molar-refractivity contribution in [2.45, 2.75) is 25.8 Å². The van der Waals surface area contributed by atoms with Gasteiger partial charge < -0.3 is 13.7 Å². The number of hydrogen-bond acceptors (Lipinski definition) is 5. The summed E-state index contributed by atoms with van der Waals surface area (Å²) in [4.78, 5) is 4.33. The van der Waals surface area contributed by atoms with Crippen LogP contribution in [0.3, 0.4) is 0 Å². The van der Waals surface area contributed by atoms with E-state index in [4.69, 9.17) is 9.15 Å². The molecular formula is C18H17F3N4O2. The monoisotopic (exact) mass is 378 g/mol. The zero-order valence-corrected chi connectivity index (χ0v) is 14.3. The molecule has 1 aliphatic heterocycles. The van der Waals surface area contributed by atoms with Crippen molar-refractivity contribution >= 4 is 0 Å². The first-order chi connectivity index (χ1) is 13.1. The van der Waals surface area contributed by atoms with Gasteiger partial charge in [-0.25, -0.2) is 9.37 Å². The third-order valence-electron chi connectivity index (χ3n) is 4.46. The van der Waals surface area contributed by atoms with Crippen molar-refractivity contribution in [3.63, 3.8) is 0 Å². The van der Waals surface area contributed by atoms with Crippen molar-refractivity contribution < 1.29 is 22.3 Å². The third-order valence-corrected chi connectivity index (χ3v) is 4.46. The van der Waals surface area contributed by atoms with Gasteiger partial charge in [0.2, 0.25) is 5.89 Å². The summed E-state index contributed by atoms with van der Waals surface area (Å²) >= 11 is 0. The van der Waals surface area contributed by atoms with Crippen LogP contribution in [0.2, 0.25) is 0 Å². The summed E-state index contributed by atoms with van der Waals surface area (Å²) in [5, 5.41) is 6.87. The minimum atomic E-state index is -2.88. The molecule has 1 aliphatic rings. The molecule has 1 saturated heterocycles. The maximum Gasteiger partial charge on any atom is 0.314 e. The maximum absolute atomic E-state index is 14.2. The van der Waals surface area contributed by atoms with Crippen LogP contribution in [0, 0.1) is 11.7 Å². The molecule has 3 heterocycles. The van der Waals surface area contributed by atoms with E-state index in [1.807, 2.05) is 10.8 Å². The van der Waals surface area contributed by atoms with Crippen LogP contribution in [-0.2, 0) is 11.3 Å². The highest BCUT2D eigenvalue weighted by molar-refractivity contribution is 5.65. The van der Waals surface area contributed by atoms with Gasteiger partial charge in [0.05, 0.1) is 6.61 Å². The summed E-state index contributed by atoms with van der Waals surface area (Å²) in [7, 11) is 0. The van der Waals surface area contributed by atoms with Gasteiger partial charge in [-0.1, -0.05) is 0 Å². The highest BCUT2D eigenvalue weighted by Crippen LogP contribution is 2.29. The average molecular weight is 378 g/mol. The number of halogens is 3. The van der Waals surface area contributed by atoms with E-state index in [9.17, 15) is 13.2 Å². The van der Waals surface area contributed by atoms with Gasteiger partial charge in [-0.15, -0.1) is 10.2 Å². The second-order valence-corrected chi connectivity index (χ2v) is 6.46. The van der Waals surface area contributed by atoms with Crippen molar-refractivity contribution in [2.75, 3.05) is 13.2 Å². The SMILES string of the molecule is Fc1cc(-c2nnc(C(F)F)o2)cc(-c2nccn2CC2CCCOC2)c1. The Kier molecular flexibility index (Phi) is 4.93. The smallest absolute Gasteiger partial charge is 0.314 e. The summed E-state index contributed by atoms with van der Waals surface area (Å²) in [5.41, 5.74) is 0.725. The first kappa shape index (κ1) is 17.7. The predicted octanol–water partition coefficient (Wildman–Crippen LogP) is 4.10. The highest BCUT2D eigenvalue weighted by Gasteiger charge is 2.20. The number of imidazole rings is 1. The summed E-state index contributed by atoms with van der Waals surface area (Å²) in [6.07, 6.45) is 2.67. The molecule has 1 fully saturated rings. The molecule has 0 N–H and O–H groups in total. The van der Waals surface area contributed by atoms with Gasteiger partial charge in [0.1, 0.15) is 11.6 Å². The van der Waals surface area contributed by atoms with E-state index >= 15 is 0 Å². The quantitative estimate of drug-likeness (QED) is 0.669. The second kappa shape index (κ2) is 7.51. The molecule has 0 amide bonds. The molecule has 0 bridgehead atoms. The van der Waals surface area contributed by atoms with Crippen LogP contribution in [0.15, 0.2) is 35.0 Å². The van der Waals surface area contributed by atoms with E-state index in [-0.39, 0.29) is 11.5 Å². The van der Waals surface area contributed by atoms with Crippen LogP contribution in [0.5, 0.6) is 0 Å². The molecule has 4 rings (SSSR count). The summed E-state index contributed by atoms with van der Waals surface area (Å²) in [5.74, 6) is -0.562. The number of benzene rings is 1. The molecule has 0 radical (unpaired) electrons. The molecule has 1 unspecified atom stereocenters. The lowest BCUT2D eigenvalue weighted by atomic mass is 10.0. The molecule has 6 nitrogen and oxygen atoms in total. The topological polar surface area (TPSA) is 66.0 Å². The van der Waals surface area contributed by atoms with E-state index in [1.165, 1.54) is 6.07 Å². The number of nitrogens with zero attached hydrogens (tertiary/aromatic N) is 4. The Labute approximate surface area is 153 Å². The van der Waals surface area contributed by atoms with Crippen molar-refractivity contribution in [1.29, 1.82) is 0 Å². The minimum absolute atomic E-state index is 0.162. The molecule has 0 spiro atoms. The lowest BCUT2D eigenvalue weighted by Gasteiger charge is -2.23. The van der Waals surface area contributed by atoms with Crippen LogP contribution in [0.25, 0.3) is 22.8 Å². The van der Waals surface area contributed by atoms with Crippen molar-refractivity contribution in [3.05, 3.63) is 42.3 Å². The van der Waals surface area contributed by atoms with E-state index < -0.39 is 18.1 Å². The molecule has 9 heteroatoms. The largest absolute Gasteiger partial charge is 0.415 e. The molecule has 27 heavy (non-hydrogen) atoms. The molecular weight excluding hydrogens is 361 g/mol. The Balaban J connectivity index is 1.64. The Morgan fingerprint density at radius 1 is 1.19 bits per heavy atom. The van der Waals surface area contributed by atoms with Gasteiger partial charge in [0, 0.05) is 42.6 Å². The maximum atomic E-state index is 14.2. The van der Waals surface area contributed by atoms with Crippen molar-refractivity contribution in [1.82, 2.24) is 19.7 Å². The van der Waals surface area contributed by atoms with Crippen LogP contribution >= 0.6 is 0 Å². The van der Waals surface area contributed by atoms with Crippen LogP contribution in [0.4, 0.5) is 13.2 Å². The normalized spacial score (nSPS) is 17.6. The van der Waals surface area contributed by atoms with E-state index in [2.05, 4.69) is 15.2 Å². The fourth-order valence-corrected chi connectivity index (χ4v) is 3.23.